The van der Waals surface area contributed by atoms with Gasteiger partial charge in [-0.1, -0.05) is 29.3 Å². The van der Waals surface area contributed by atoms with Crippen LogP contribution in [-0.4, -0.2) is 17.6 Å². The minimum atomic E-state index is -1.09. The summed E-state index contributed by atoms with van der Waals surface area (Å²) in [6.07, 6.45) is 0.680. The molecule has 19 heavy (non-hydrogen) atoms. The molecule has 0 radical (unpaired) electrons. The number of carboxylic acids is 1. The minimum Gasteiger partial charge on any atom is -0.475 e. The van der Waals surface area contributed by atoms with E-state index in [1.807, 2.05) is 6.07 Å². The van der Waals surface area contributed by atoms with E-state index in [4.69, 9.17) is 32.7 Å². The molecular formula is C13H11Cl2NO3. The molecule has 0 aliphatic heterocycles. The lowest BCUT2D eigenvalue weighted by Crippen LogP contribution is -2.04. The van der Waals surface area contributed by atoms with Crippen molar-refractivity contribution in [3.63, 3.8) is 0 Å². The van der Waals surface area contributed by atoms with Crippen molar-refractivity contribution in [2.75, 3.05) is 11.9 Å². The first kappa shape index (κ1) is 13.8. The summed E-state index contributed by atoms with van der Waals surface area (Å²) < 4.78 is 5.07. The molecule has 100 valence electrons. The van der Waals surface area contributed by atoms with Gasteiger partial charge in [-0.3, -0.25) is 0 Å². The molecule has 0 unspecified atom stereocenters. The maximum Gasteiger partial charge on any atom is 0.371 e. The van der Waals surface area contributed by atoms with E-state index in [-0.39, 0.29) is 5.76 Å². The number of furan rings is 1. The molecule has 0 amide bonds. The van der Waals surface area contributed by atoms with Gasteiger partial charge in [0.15, 0.2) is 5.88 Å². The van der Waals surface area contributed by atoms with Gasteiger partial charge in [0.1, 0.15) is 0 Å². The molecule has 0 aliphatic rings. The van der Waals surface area contributed by atoms with E-state index in [1.165, 1.54) is 6.07 Å². The molecule has 0 atom stereocenters. The van der Waals surface area contributed by atoms with E-state index in [2.05, 4.69) is 5.32 Å². The van der Waals surface area contributed by atoms with Gasteiger partial charge in [-0.05, 0) is 30.2 Å². The van der Waals surface area contributed by atoms with Crippen molar-refractivity contribution in [1.29, 1.82) is 0 Å². The molecule has 0 bridgehead atoms. The van der Waals surface area contributed by atoms with E-state index in [0.717, 1.165) is 5.56 Å². The number of benzene rings is 1. The standard InChI is InChI=1S/C13H11Cl2NO3/c14-9-2-1-8(10(15)7-9)5-6-16-12-4-3-11(19-12)13(17)18/h1-4,7,16H,5-6H2,(H,17,18). The minimum absolute atomic E-state index is 0.0907. The highest BCUT2D eigenvalue weighted by Gasteiger charge is 2.08. The molecular weight excluding hydrogens is 289 g/mol. The van der Waals surface area contributed by atoms with Gasteiger partial charge in [0.25, 0.3) is 0 Å². The molecule has 1 aromatic heterocycles. The number of anilines is 1. The molecule has 2 rings (SSSR count). The van der Waals surface area contributed by atoms with E-state index in [9.17, 15) is 4.79 Å². The highest BCUT2D eigenvalue weighted by atomic mass is 35.5. The second kappa shape index (κ2) is 5.99. The maximum absolute atomic E-state index is 10.6. The third-order valence-corrected chi connectivity index (χ3v) is 3.11. The Morgan fingerprint density at radius 2 is 2.05 bits per heavy atom. The van der Waals surface area contributed by atoms with Crippen LogP contribution in [0.15, 0.2) is 34.7 Å². The number of carbonyl (C=O) groups is 1. The van der Waals surface area contributed by atoms with Gasteiger partial charge >= 0.3 is 5.97 Å². The van der Waals surface area contributed by atoms with E-state index in [1.54, 1.807) is 18.2 Å². The summed E-state index contributed by atoms with van der Waals surface area (Å²) in [5.74, 6) is -0.761. The van der Waals surface area contributed by atoms with Crippen LogP contribution >= 0.6 is 23.2 Å². The number of aromatic carboxylic acids is 1. The Morgan fingerprint density at radius 3 is 2.68 bits per heavy atom. The Balaban J connectivity index is 1.90. The summed E-state index contributed by atoms with van der Waals surface area (Å²) in [6.45, 7) is 0.577. The fraction of sp³-hybridized carbons (Fsp3) is 0.154. The molecule has 2 aromatic rings. The second-order valence-corrected chi connectivity index (χ2v) is 4.73. The van der Waals surface area contributed by atoms with Crippen molar-refractivity contribution in [3.8, 4) is 0 Å². The Bertz CT molecular complexity index is 595. The van der Waals surface area contributed by atoms with Crippen LogP contribution in [0.1, 0.15) is 16.1 Å². The Labute approximate surface area is 119 Å². The van der Waals surface area contributed by atoms with Crippen molar-refractivity contribution >= 4 is 35.1 Å². The van der Waals surface area contributed by atoms with Gasteiger partial charge < -0.3 is 14.8 Å². The second-order valence-electron chi connectivity index (χ2n) is 3.88. The van der Waals surface area contributed by atoms with Crippen LogP contribution in [0.3, 0.4) is 0 Å². The lowest BCUT2D eigenvalue weighted by atomic mass is 10.1. The summed E-state index contributed by atoms with van der Waals surface area (Å²) in [4.78, 5) is 10.6. The van der Waals surface area contributed by atoms with Crippen molar-refractivity contribution in [1.82, 2.24) is 0 Å². The van der Waals surface area contributed by atoms with Crippen molar-refractivity contribution in [2.24, 2.45) is 0 Å². The van der Waals surface area contributed by atoms with Crippen LogP contribution in [0.4, 0.5) is 5.88 Å². The van der Waals surface area contributed by atoms with Crippen molar-refractivity contribution in [2.45, 2.75) is 6.42 Å². The fourth-order valence-corrected chi connectivity index (χ4v) is 2.10. The highest BCUT2D eigenvalue weighted by molar-refractivity contribution is 6.35. The van der Waals surface area contributed by atoms with Crippen LogP contribution in [0.2, 0.25) is 10.0 Å². The van der Waals surface area contributed by atoms with Gasteiger partial charge in [-0.2, -0.15) is 0 Å². The van der Waals surface area contributed by atoms with Gasteiger partial charge in [0.2, 0.25) is 5.76 Å². The normalized spacial score (nSPS) is 10.4. The highest BCUT2D eigenvalue weighted by Crippen LogP contribution is 2.21. The fourth-order valence-electron chi connectivity index (χ4n) is 1.59. The van der Waals surface area contributed by atoms with Gasteiger partial charge in [-0.25, -0.2) is 4.79 Å². The zero-order chi connectivity index (χ0) is 13.8. The van der Waals surface area contributed by atoms with E-state index in [0.29, 0.717) is 28.9 Å². The predicted molar refractivity (Wildman–Crippen MR) is 74.3 cm³/mol. The number of halogens is 2. The SMILES string of the molecule is O=C(O)c1ccc(NCCc2ccc(Cl)cc2Cl)o1. The first-order valence-corrected chi connectivity index (χ1v) is 6.33. The van der Waals surface area contributed by atoms with Crippen LogP contribution in [0.25, 0.3) is 0 Å². The average Bonchev–Trinajstić information content (AvgIpc) is 2.81. The molecule has 1 heterocycles. The number of carboxylic acid groups (broad SMARTS) is 1. The number of rotatable bonds is 5. The summed E-state index contributed by atoms with van der Waals surface area (Å²) in [5, 5.41) is 12.9. The number of hydrogen-bond donors (Lipinski definition) is 2. The lowest BCUT2D eigenvalue weighted by Gasteiger charge is -2.05. The maximum atomic E-state index is 10.6. The first-order chi connectivity index (χ1) is 9.06. The van der Waals surface area contributed by atoms with Gasteiger partial charge in [-0.15, -0.1) is 0 Å². The number of nitrogens with one attached hydrogen (secondary N) is 1. The summed E-state index contributed by atoms with van der Waals surface area (Å²) in [5.41, 5.74) is 0.962. The number of hydrogen-bond acceptors (Lipinski definition) is 3. The quantitative estimate of drug-likeness (QED) is 0.878. The van der Waals surface area contributed by atoms with E-state index < -0.39 is 5.97 Å². The predicted octanol–water partition coefficient (Wildman–Crippen LogP) is 3.94. The smallest absolute Gasteiger partial charge is 0.371 e. The molecule has 1 aromatic carbocycles. The van der Waals surface area contributed by atoms with Crippen LogP contribution in [-0.2, 0) is 6.42 Å². The zero-order valence-corrected chi connectivity index (χ0v) is 11.3. The molecule has 0 aliphatic carbocycles. The molecule has 0 fully saturated rings. The van der Waals surface area contributed by atoms with Gasteiger partial charge in [0.05, 0.1) is 0 Å². The van der Waals surface area contributed by atoms with Gasteiger partial charge in [0, 0.05) is 22.7 Å². The largest absolute Gasteiger partial charge is 0.475 e. The molecule has 0 saturated carbocycles. The zero-order valence-electron chi connectivity index (χ0n) is 9.82. The van der Waals surface area contributed by atoms with Crippen LogP contribution in [0.5, 0.6) is 0 Å². The molecule has 2 N–H and O–H groups in total. The first-order valence-electron chi connectivity index (χ1n) is 5.57. The Morgan fingerprint density at radius 1 is 1.26 bits per heavy atom. The summed E-state index contributed by atoms with van der Waals surface area (Å²) in [7, 11) is 0. The van der Waals surface area contributed by atoms with E-state index >= 15 is 0 Å². The summed E-state index contributed by atoms with van der Waals surface area (Å²) in [6, 6.07) is 8.30. The lowest BCUT2D eigenvalue weighted by molar-refractivity contribution is 0.0663. The van der Waals surface area contributed by atoms with Crippen molar-refractivity contribution in [3.05, 3.63) is 51.7 Å². The molecule has 0 spiro atoms. The topological polar surface area (TPSA) is 62.5 Å². The molecule has 6 heteroatoms. The Hall–Kier alpha value is -1.65. The Kier molecular flexibility index (Phi) is 4.35. The molecule has 4 nitrogen and oxygen atoms in total. The summed E-state index contributed by atoms with van der Waals surface area (Å²) >= 11 is 11.9. The van der Waals surface area contributed by atoms with Crippen LogP contribution < -0.4 is 5.32 Å². The average molecular weight is 300 g/mol. The monoisotopic (exact) mass is 299 g/mol. The third kappa shape index (κ3) is 3.66. The van der Waals surface area contributed by atoms with Crippen molar-refractivity contribution < 1.29 is 14.3 Å². The van der Waals surface area contributed by atoms with Crippen LogP contribution in [0, 0.1) is 0 Å². The third-order valence-electron chi connectivity index (χ3n) is 2.53. The molecule has 0 saturated heterocycles.